The Morgan fingerprint density at radius 3 is 2.69 bits per heavy atom. The lowest BCUT2D eigenvalue weighted by Gasteiger charge is -2.30. The third kappa shape index (κ3) is 3.62. The van der Waals surface area contributed by atoms with E-state index in [1.54, 1.807) is 12.1 Å². The summed E-state index contributed by atoms with van der Waals surface area (Å²) in [4.78, 5) is 17.7. The summed E-state index contributed by atoms with van der Waals surface area (Å²) in [5, 5.41) is 3.25. The van der Waals surface area contributed by atoms with Gasteiger partial charge in [-0.1, -0.05) is 44.0 Å². The van der Waals surface area contributed by atoms with Crippen LogP contribution in [0.15, 0.2) is 59.8 Å². The molecule has 1 N–H and O–H groups in total. The van der Waals surface area contributed by atoms with Gasteiger partial charge in [0, 0.05) is 5.70 Å². The van der Waals surface area contributed by atoms with E-state index in [0.29, 0.717) is 23.8 Å². The van der Waals surface area contributed by atoms with Crippen molar-refractivity contribution in [3.8, 4) is 0 Å². The van der Waals surface area contributed by atoms with Gasteiger partial charge in [-0.25, -0.2) is 14.2 Å². The fourth-order valence-electron chi connectivity index (χ4n) is 3.78. The first-order valence-electron chi connectivity index (χ1n) is 9.97. The largest absolute Gasteiger partial charge is 0.462 e. The maximum absolute atomic E-state index is 13.6. The summed E-state index contributed by atoms with van der Waals surface area (Å²) >= 11 is 0. The second kappa shape index (κ2) is 8.07. The summed E-state index contributed by atoms with van der Waals surface area (Å²) in [6, 6.07) is 13.6. The van der Waals surface area contributed by atoms with Gasteiger partial charge in [0.25, 0.3) is 0 Å². The Morgan fingerprint density at radius 2 is 1.93 bits per heavy atom. The number of hydrogen-bond donors (Lipinski definition) is 1. The number of fused-ring (bicyclic) bond motifs is 3. The van der Waals surface area contributed by atoms with Gasteiger partial charge in [-0.2, -0.15) is 0 Å². The third-order valence-electron chi connectivity index (χ3n) is 5.22. The van der Waals surface area contributed by atoms with Crippen molar-refractivity contribution < 1.29 is 13.9 Å². The zero-order valence-electron chi connectivity index (χ0n) is 16.6. The number of aromatic nitrogens is 2. The Balaban J connectivity index is 1.80. The highest BCUT2D eigenvalue weighted by molar-refractivity contribution is 5.94. The number of imidazole rings is 1. The van der Waals surface area contributed by atoms with Crippen LogP contribution in [0.2, 0.25) is 0 Å². The van der Waals surface area contributed by atoms with Gasteiger partial charge in [-0.15, -0.1) is 0 Å². The molecule has 1 unspecified atom stereocenters. The van der Waals surface area contributed by atoms with Crippen LogP contribution in [0.1, 0.15) is 44.7 Å². The van der Waals surface area contributed by atoms with Gasteiger partial charge >= 0.3 is 5.97 Å². The van der Waals surface area contributed by atoms with Crippen LogP contribution >= 0.6 is 0 Å². The summed E-state index contributed by atoms with van der Waals surface area (Å²) in [5.74, 6) is -0.0211. The summed E-state index contributed by atoms with van der Waals surface area (Å²) in [6.45, 7) is 4.34. The van der Waals surface area contributed by atoms with Crippen LogP contribution < -0.4 is 5.32 Å². The number of carbonyl (C=O) groups excluding carboxylic acids is 1. The molecule has 6 heteroatoms. The molecule has 29 heavy (non-hydrogen) atoms. The molecule has 0 fully saturated rings. The van der Waals surface area contributed by atoms with E-state index >= 15 is 0 Å². The molecule has 2 heterocycles. The van der Waals surface area contributed by atoms with Crippen molar-refractivity contribution in [3.05, 3.63) is 71.2 Å². The zero-order valence-corrected chi connectivity index (χ0v) is 16.6. The van der Waals surface area contributed by atoms with Gasteiger partial charge in [-0.05, 0) is 43.2 Å². The standard InChI is InChI=1S/C23H24FN3O2/c1-3-4-7-14-29-22(28)20-15(2)25-23-26-18-8-5-6-9-19(18)27(23)21(20)16-10-12-17(24)13-11-16/h5-6,8-13,21H,3-4,7,14H2,1-2H3,(H,25,26). The average molecular weight is 393 g/mol. The maximum atomic E-state index is 13.6. The third-order valence-corrected chi connectivity index (χ3v) is 5.22. The molecule has 5 nitrogen and oxygen atoms in total. The van der Waals surface area contributed by atoms with Gasteiger partial charge in [0.05, 0.1) is 29.3 Å². The number of nitrogens with one attached hydrogen (secondary N) is 1. The van der Waals surface area contributed by atoms with E-state index in [1.165, 1.54) is 12.1 Å². The number of benzene rings is 2. The molecule has 0 saturated carbocycles. The molecule has 0 radical (unpaired) electrons. The van der Waals surface area contributed by atoms with Crippen LogP contribution in [-0.4, -0.2) is 22.1 Å². The zero-order chi connectivity index (χ0) is 20.4. The number of anilines is 1. The average Bonchev–Trinajstić information content (AvgIpc) is 3.08. The van der Waals surface area contributed by atoms with Gasteiger partial charge in [-0.3, -0.25) is 4.57 Å². The molecular weight excluding hydrogens is 369 g/mol. The molecule has 2 aromatic carbocycles. The number of allylic oxidation sites excluding steroid dienone is 1. The highest BCUT2D eigenvalue weighted by atomic mass is 19.1. The van der Waals surface area contributed by atoms with Crippen molar-refractivity contribution in [1.82, 2.24) is 9.55 Å². The predicted octanol–water partition coefficient (Wildman–Crippen LogP) is 5.20. The number of carbonyl (C=O) groups is 1. The Hall–Kier alpha value is -3.15. The number of para-hydroxylation sites is 2. The minimum Gasteiger partial charge on any atom is -0.462 e. The van der Waals surface area contributed by atoms with E-state index in [-0.39, 0.29) is 11.8 Å². The Kier molecular flexibility index (Phi) is 5.34. The monoisotopic (exact) mass is 393 g/mol. The Bertz CT molecular complexity index is 1070. The minimum absolute atomic E-state index is 0.317. The topological polar surface area (TPSA) is 56.1 Å². The number of rotatable bonds is 6. The molecule has 1 aromatic heterocycles. The first kappa shape index (κ1) is 19.2. The molecule has 150 valence electrons. The maximum Gasteiger partial charge on any atom is 0.338 e. The van der Waals surface area contributed by atoms with E-state index < -0.39 is 6.04 Å². The molecule has 0 bridgehead atoms. The van der Waals surface area contributed by atoms with Crippen LogP contribution in [0, 0.1) is 5.82 Å². The number of unbranched alkanes of at least 4 members (excludes halogenated alkanes) is 2. The molecule has 3 aromatic rings. The van der Waals surface area contributed by atoms with Crippen LogP contribution in [-0.2, 0) is 9.53 Å². The number of esters is 1. The van der Waals surface area contributed by atoms with E-state index in [0.717, 1.165) is 35.9 Å². The summed E-state index contributed by atoms with van der Waals surface area (Å²) in [7, 11) is 0. The number of hydrogen-bond acceptors (Lipinski definition) is 4. The molecule has 0 spiro atoms. The van der Waals surface area contributed by atoms with E-state index in [1.807, 2.05) is 35.8 Å². The second-order valence-corrected chi connectivity index (χ2v) is 7.25. The van der Waals surface area contributed by atoms with Crippen LogP contribution in [0.25, 0.3) is 11.0 Å². The highest BCUT2D eigenvalue weighted by Gasteiger charge is 2.34. The number of halogens is 1. The Morgan fingerprint density at radius 1 is 1.17 bits per heavy atom. The van der Waals surface area contributed by atoms with Gasteiger partial charge in [0.15, 0.2) is 0 Å². The van der Waals surface area contributed by atoms with Crippen molar-refractivity contribution >= 4 is 23.0 Å². The summed E-state index contributed by atoms with van der Waals surface area (Å²) < 4.78 is 21.2. The van der Waals surface area contributed by atoms with Crippen LogP contribution in [0.4, 0.5) is 10.3 Å². The van der Waals surface area contributed by atoms with Crippen molar-refractivity contribution in [1.29, 1.82) is 0 Å². The SMILES string of the molecule is CCCCCOC(=O)C1=C(C)Nc2nc3ccccc3n2C1c1ccc(F)cc1. The van der Waals surface area contributed by atoms with E-state index in [4.69, 9.17) is 4.74 Å². The highest BCUT2D eigenvalue weighted by Crippen LogP contribution is 2.39. The fraction of sp³-hybridized carbons (Fsp3) is 0.304. The molecule has 4 rings (SSSR count). The first-order valence-corrected chi connectivity index (χ1v) is 9.97. The van der Waals surface area contributed by atoms with Gasteiger partial charge < -0.3 is 10.1 Å². The summed E-state index contributed by atoms with van der Waals surface area (Å²) in [5.41, 5.74) is 3.74. The molecular formula is C23H24FN3O2. The normalized spacial score (nSPS) is 15.9. The molecule has 0 amide bonds. The predicted molar refractivity (Wildman–Crippen MR) is 111 cm³/mol. The van der Waals surface area contributed by atoms with Crippen LogP contribution in [0.3, 0.4) is 0 Å². The number of ether oxygens (including phenoxy) is 1. The first-order chi connectivity index (χ1) is 14.1. The lowest BCUT2D eigenvalue weighted by atomic mass is 9.95. The van der Waals surface area contributed by atoms with E-state index in [2.05, 4.69) is 17.2 Å². The van der Waals surface area contributed by atoms with Crippen molar-refractivity contribution in [3.63, 3.8) is 0 Å². The molecule has 0 aliphatic carbocycles. The fourth-order valence-corrected chi connectivity index (χ4v) is 3.78. The molecule has 1 aliphatic heterocycles. The lowest BCUT2D eigenvalue weighted by molar-refractivity contribution is -0.139. The minimum atomic E-state index is -0.446. The van der Waals surface area contributed by atoms with Gasteiger partial charge in [0.1, 0.15) is 5.82 Å². The van der Waals surface area contributed by atoms with Crippen molar-refractivity contribution in [2.45, 2.75) is 39.2 Å². The van der Waals surface area contributed by atoms with Gasteiger partial charge in [0.2, 0.25) is 5.95 Å². The number of nitrogens with zero attached hydrogens (tertiary/aromatic N) is 2. The second-order valence-electron chi connectivity index (χ2n) is 7.25. The van der Waals surface area contributed by atoms with E-state index in [9.17, 15) is 9.18 Å². The summed E-state index contributed by atoms with van der Waals surface area (Å²) in [6.07, 6.45) is 2.91. The smallest absolute Gasteiger partial charge is 0.338 e. The molecule has 1 aliphatic rings. The lowest BCUT2D eigenvalue weighted by Crippen LogP contribution is -2.29. The quantitative estimate of drug-likeness (QED) is 0.462. The molecule has 0 saturated heterocycles. The molecule has 1 atom stereocenters. The van der Waals surface area contributed by atoms with Crippen molar-refractivity contribution in [2.75, 3.05) is 11.9 Å². The Labute approximate surface area is 169 Å². The van der Waals surface area contributed by atoms with Crippen LogP contribution in [0.5, 0.6) is 0 Å². The van der Waals surface area contributed by atoms with Crippen molar-refractivity contribution in [2.24, 2.45) is 0 Å².